The molecule has 8 heteroatoms. The molecule has 0 aromatic heterocycles. The van der Waals surface area contributed by atoms with E-state index in [1.807, 2.05) is 63.2 Å². The SMILES string of the molecule is CCCN(C(=O)C(CO)NC(=O)OC(C)(C)C)C(C(=O)Nc1ccccc1C)c1ccccc1C. The monoisotopic (exact) mass is 483 g/mol. The van der Waals surface area contributed by atoms with Gasteiger partial charge in [-0.25, -0.2) is 4.79 Å². The molecule has 0 aliphatic heterocycles. The minimum atomic E-state index is -1.27. The summed E-state index contributed by atoms with van der Waals surface area (Å²) >= 11 is 0. The lowest BCUT2D eigenvalue weighted by Gasteiger charge is -2.34. The normalized spacial score (nSPS) is 12.9. The lowest BCUT2D eigenvalue weighted by atomic mass is 9.97. The Kier molecular flexibility index (Phi) is 9.83. The highest BCUT2D eigenvalue weighted by molar-refractivity contribution is 5.99. The van der Waals surface area contributed by atoms with Gasteiger partial charge in [0.05, 0.1) is 6.61 Å². The molecule has 2 rings (SSSR count). The molecule has 0 aliphatic carbocycles. The van der Waals surface area contributed by atoms with Crippen molar-refractivity contribution in [2.24, 2.45) is 0 Å². The summed E-state index contributed by atoms with van der Waals surface area (Å²) in [5.74, 6) is -0.960. The van der Waals surface area contributed by atoms with Crippen LogP contribution in [0.5, 0.6) is 0 Å². The van der Waals surface area contributed by atoms with Crippen LogP contribution < -0.4 is 10.6 Å². The summed E-state index contributed by atoms with van der Waals surface area (Å²) in [6.07, 6.45) is -0.255. The predicted molar refractivity (Wildman–Crippen MR) is 136 cm³/mol. The van der Waals surface area contributed by atoms with Crippen LogP contribution >= 0.6 is 0 Å². The summed E-state index contributed by atoms with van der Waals surface area (Å²) in [6, 6.07) is 12.5. The maximum absolute atomic E-state index is 13.7. The molecule has 0 saturated carbocycles. The van der Waals surface area contributed by atoms with Gasteiger partial charge in [0, 0.05) is 12.2 Å². The van der Waals surface area contributed by atoms with Crippen LogP contribution in [-0.2, 0) is 14.3 Å². The Balaban J connectivity index is 2.45. The zero-order valence-corrected chi connectivity index (χ0v) is 21.4. The van der Waals surface area contributed by atoms with Crippen LogP contribution in [0, 0.1) is 13.8 Å². The fraction of sp³-hybridized carbons (Fsp3) is 0.444. The lowest BCUT2D eigenvalue weighted by molar-refractivity contribution is -0.141. The molecule has 0 spiro atoms. The highest BCUT2D eigenvalue weighted by atomic mass is 16.6. The summed E-state index contributed by atoms with van der Waals surface area (Å²) in [4.78, 5) is 41.0. The first-order valence-corrected chi connectivity index (χ1v) is 11.8. The van der Waals surface area contributed by atoms with Gasteiger partial charge in [-0.1, -0.05) is 49.4 Å². The van der Waals surface area contributed by atoms with E-state index in [-0.39, 0.29) is 12.5 Å². The third-order valence-electron chi connectivity index (χ3n) is 5.37. The van der Waals surface area contributed by atoms with Gasteiger partial charge in [-0.3, -0.25) is 9.59 Å². The molecule has 0 fully saturated rings. The highest BCUT2D eigenvalue weighted by Gasteiger charge is 2.36. The van der Waals surface area contributed by atoms with E-state index in [0.29, 0.717) is 17.7 Å². The zero-order chi connectivity index (χ0) is 26.2. The Hall–Kier alpha value is -3.39. The van der Waals surface area contributed by atoms with E-state index >= 15 is 0 Å². The smallest absolute Gasteiger partial charge is 0.408 e. The number of hydrogen-bond acceptors (Lipinski definition) is 5. The Morgan fingerprint density at radius 2 is 1.60 bits per heavy atom. The van der Waals surface area contributed by atoms with E-state index in [2.05, 4.69) is 10.6 Å². The molecular weight excluding hydrogens is 446 g/mol. The Morgan fingerprint density at radius 3 is 2.14 bits per heavy atom. The second-order valence-electron chi connectivity index (χ2n) is 9.48. The van der Waals surface area contributed by atoms with Crippen molar-refractivity contribution < 1.29 is 24.2 Å². The fourth-order valence-electron chi connectivity index (χ4n) is 3.70. The van der Waals surface area contributed by atoms with Gasteiger partial charge in [0.15, 0.2) is 0 Å². The Labute approximate surface area is 207 Å². The van der Waals surface area contributed by atoms with Crippen molar-refractivity contribution in [3.8, 4) is 0 Å². The molecule has 0 bridgehead atoms. The first-order chi connectivity index (χ1) is 16.5. The molecule has 3 N–H and O–H groups in total. The van der Waals surface area contributed by atoms with Crippen molar-refractivity contribution in [1.29, 1.82) is 0 Å². The van der Waals surface area contributed by atoms with Crippen LogP contribution in [0.2, 0.25) is 0 Å². The van der Waals surface area contributed by atoms with Crippen LogP contribution in [0.4, 0.5) is 10.5 Å². The van der Waals surface area contributed by atoms with Gasteiger partial charge >= 0.3 is 6.09 Å². The van der Waals surface area contributed by atoms with Crippen LogP contribution in [0.3, 0.4) is 0 Å². The van der Waals surface area contributed by atoms with E-state index in [1.165, 1.54) is 4.90 Å². The number of nitrogens with zero attached hydrogens (tertiary/aromatic N) is 1. The minimum absolute atomic E-state index is 0.242. The van der Waals surface area contributed by atoms with Crippen molar-refractivity contribution >= 4 is 23.6 Å². The maximum Gasteiger partial charge on any atom is 0.408 e. The number of aryl methyl sites for hydroxylation is 2. The molecule has 2 aromatic carbocycles. The Bertz CT molecular complexity index is 1030. The quantitative estimate of drug-likeness (QED) is 0.498. The van der Waals surface area contributed by atoms with Crippen LogP contribution in [-0.4, -0.2) is 52.7 Å². The topological polar surface area (TPSA) is 108 Å². The molecule has 0 saturated heterocycles. The number of ether oxygens (including phenoxy) is 1. The lowest BCUT2D eigenvalue weighted by Crippen LogP contribution is -2.54. The van der Waals surface area contributed by atoms with Gasteiger partial charge in [0.2, 0.25) is 5.91 Å². The molecule has 190 valence electrons. The van der Waals surface area contributed by atoms with Crippen LogP contribution in [0.15, 0.2) is 48.5 Å². The van der Waals surface area contributed by atoms with E-state index < -0.39 is 36.3 Å². The number of rotatable bonds is 9. The summed E-state index contributed by atoms with van der Waals surface area (Å²) in [7, 11) is 0. The number of para-hydroxylation sites is 1. The van der Waals surface area contributed by atoms with Gasteiger partial charge in [-0.2, -0.15) is 0 Å². The number of carbonyl (C=O) groups excluding carboxylic acids is 3. The predicted octanol–water partition coefficient (Wildman–Crippen LogP) is 4.11. The number of carbonyl (C=O) groups is 3. The van der Waals surface area contributed by atoms with Gasteiger partial charge < -0.3 is 25.4 Å². The number of benzene rings is 2. The fourth-order valence-corrected chi connectivity index (χ4v) is 3.70. The average molecular weight is 484 g/mol. The van der Waals surface area contributed by atoms with Gasteiger partial charge in [-0.05, 0) is 63.8 Å². The molecular formula is C27H37N3O5. The number of amides is 3. The number of alkyl carbamates (subject to hydrolysis) is 1. The van der Waals surface area contributed by atoms with Crippen molar-refractivity contribution in [3.05, 3.63) is 65.2 Å². The van der Waals surface area contributed by atoms with E-state index in [1.54, 1.807) is 26.8 Å². The average Bonchev–Trinajstić information content (AvgIpc) is 2.78. The van der Waals surface area contributed by atoms with Crippen molar-refractivity contribution in [2.75, 3.05) is 18.5 Å². The first-order valence-electron chi connectivity index (χ1n) is 11.8. The third-order valence-corrected chi connectivity index (χ3v) is 5.37. The molecule has 35 heavy (non-hydrogen) atoms. The number of aliphatic hydroxyl groups excluding tert-OH is 1. The summed E-state index contributed by atoms with van der Waals surface area (Å²) in [5, 5.41) is 15.4. The molecule has 2 aromatic rings. The Morgan fingerprint density at radius 1 is 1.00 bits per heavy atom. The minimum Gasteiger partial charge on any atom is -0.444 e. The summed E-state index contributed by atoms with van der Waals surface area (Å²) in [5.41, 5.74) is 2.26. The molecule has 3 amide bonds. The number of hydrogen-bond donors (Lipinski definition) is 3. The van der Waals surface area contributed by atoms with Gasteiger partial charge in [0.1, 0.15) is 17.7 Å². The number of aliphatic hydroxyl groups is 1. The standard InChI is InChI=1S/C27H37N3O5/c1-7-16-30(25(33)22(17-31)29-26(34)35-27(4,5)6)23(20-14-10-8-12-18(20)2)24(32)28-21-15-11-9-13-19(21)3/h8-15,22-23,31H,7,16-17H2,1-6H3,(H,28,32)(H,29,34). The van der Waals surface area contributed by atoms with E-state index in [9.17, 15) is 19.5 Å². The summed E-state index contributed by atoms with van der Waals surface area (Å²) < 4.78 is 5.25. The molecule has 2 atom stereocenters. The zero-order valence-electron chi connectivity index (χ0n) is 21.4. The van der Waals surface area contributed by atoms with E-state index in [0.717, 1.165) is 11.1 Å². The molecule has 0 heterocycles. The molecule has 0 aliphatic rings. The third kappa shape index (κ3) is 7.82. The number of anilines is 1. The second-order valence-corrected chi connectivity index (χ2v) is 9.48. The van der Waals surface area contributed by atoms with Gasteiger partial charge in [0.25, 0.3) is 5.91 Å². The molecule has 0 radical (unpaired) electrons. The van der Waals surface area contributed by atoms with Crippen molar-refractivity contribution in [1.82, 2.24) is 10.2 Å². The number of nitrogens with one attached hydrogen (secondary N) is 2. The van der Waals surface area contributed by atoms with Gasteiger partial charge in [-0.15, -0.1) is 0 Å². The van der Waals surface area contributed by atoms with Crippen molar-refractivity contribution in [2.45, 2.75) is 65.6 Å². The second kappa shape index (κ2) is 12.4. The maximum atomic E-state index is 13.7. The summed E-state index contributed by atoms with van der Waals surface area (Å²) in [6.45, 7) is 10.4. The largest absolute Gasteiger partial charge is 0.444 e. The molecule has 8 nitrogen and oxygen atoms in total. The van der Waals surface area contributed by atoms with E-state index in [4.69, 9.17) is 4.74 Å². The van der Waals surface area contributed by atoms with Crippen LogP contribution in [0.1, 0.15) is 56.8 Å². The highest BCUT2D eigenvalue weighted by Crippen LogP contribution is 2.28. The van der Waals surface area contributed by atoms with Crippen molar-refractivity contribution in [3.63, 3.8) is 0 Å². The first kappa shape index (κ1) is 27.9. The van der Waals surface area contributed by atoms with Crippen LogP contribution in [0.25, 0.3) is 0 Å². The molecule has 2 unspecified atom stereocenters.